The second-order valence-electron chi connectivity index (χ2n) is 8.14. The summed E-state index contributed by atoms with van der Waals surface area (Å²) in [5.74, 6) is 0.304. The maximum atomic E-state index is 13.0. The zero-order valence-electron chi connectivity index (χ0n) is 19.4. The van der Waals surface area contributed by atoms with Crippen molar-refractivity contribution in [3.05, 3.63) is 94.6 Å². The molecular formula is C25H24F3N5O2. The fourth-order valence-electron chi connectivity index (χ4n) is 3.64. The zero-order valence-corrected chi connectivity index (χ0v) is 19.4. The van der Waals surface area contributed by atoms with Gasteiger partial charge in [-0.05, 0) is 56.2 Å². The summed E-state index contributed by atoms with van der Waals surface area (Å²) in [5.41, 5.74) is 2.59. The molecule has 10 heteroatoms. The van der Waals surface area contributed by atoms with E-state index in [0.717, 1.165) is 23.4 Å². The largest absolute Gasteiger partial charge is 0.471 e. The first-order chi connectivity index (χ1) is 16.6. The van der Waals surface area contributed by atoms with E-state index in [1.165, 1.54) is 10.7 Å². The maximum Gasteiger partial charge on any atom is 0.416 e. The van der Waals surface area contributed by atoms with Crippen LogP contribution in [0, 0.1) is 20.8 Å². The summed E-state index contributed by atoms with van der Waals surface area (Å²) in [7, 11) is 0. The minimum Gasteiger partial charge on any atom is -0.471 e. The summed E-state index contributed by atoms with van der Waals surface area (Å²) in [5, 5.41) is 11.5. The van der Waals surface area contributed by atoms with Crippen molar-refractivity contribution in [3.8, 4) is 5.75 Å². The predicted molar refractivity (Wildman–Crippen MR) is 124 cm³/mol. The number of para-hydroxylation sites is 1. The Morgan fingerprint density at radius 2 is 1.80 bits per heavy atom. The number of anilines is 1. The monoisotopic (exact) mass is 483 g/mol. The molecule has 0 radical (unpaired) electrons. The number of nitrogens with zero attached hydrogens (tertiary/aromatic N) is 4. The van der Waals surface area contributed by atoms with E-state index in [-0.39, 0.29) is 19.0 Å². The van der Waals surface area contributed by atoms with Crippen LogP contribution in [-0.4, -0.2) is 25.5 Å². The van der Waals surface area contributed by atoms with Gasteiger partial charge in [0.2, 0.25) is 0 Å². The van der Waals surface area contributed by atoms with Gasteiger partial charge in [0, 0.05) is 6.20 Å². The van der Waals surface area contributed by atoms with Crippen LogP contribution in [0.3, 0.4) is 0 Å². The second kappa shape index (κ2) is 9.65. The predicted octanol–water partition coefficient (Wildman–Crippen LogP) is 5.36. The van der Waals surface area contributed by atoms with Crippen LogP contribution in [0.15, 0.2) is 60.8 Å². The van der Waals surface area contributed by atoms with Crippen LogP contribution in [0.25, 0.3) is 0 Å². The van der Waals surface area contributed by atoms with Gasteiger partial charge in [-0.2, -0.15) is 23.4 Å². The van der Waals surface area contributed by atoms with Crippen molar-refractivity contribution in [2.24, 2.45) is 0 Å². The van der Waals surface area contributed by atoms with E-state index in [9.17, 15) is 18.0 Å². The Labute approximate surface area is 200 Å². The molecule has 182 valence electrons. The minimum absolute atomic E-state index is 0.136. The lowest BCUT2D eigenvalue weighted by Crippen LogP contribution is -2.15. The van der Waals surface area contributed by atoms with Crippen molar-refractivity contribution < 1.29 is 22.7 Å². The zero-order chi connectivity index (χ0) is 25.2. The van der Waals surface area contributed by atoms with Crippen LogP contribution < -0.4 is 10.1 Å². The van der Waals surface area contributed by atoms with Gasteiger partial charge in [-0.25, -0.2) is 4.68 Å². The van der Waals surface area contributed by atoms with E-state index < -0.39 is 17.6 Å². The number of hydrogen-bond acceptors (Lipinski definition) is 4. The number of aryl methyl sites for hydroxylation is 2. The van der Waals surface area contributed by atoms with Crippen LogP contribution in [0.2, 0.25) is 0 Å². The van der Waals surface area contributed by atoms with Crippen LogP contribution >= 0.6 is 0 Å². The van der Waals surface area contributed by atoms with Crippen molar-refractivity contribution in [2.45, 2.75) is 40.2 Å². The third-order valence-corrected chi connectivity index (χ3v) is 5.53. The Bertz CT molecular complexity index is 1360. The van der Waals surface area contributed by atoms with Crippen molar-refractivity contribution in [3.63, 3.8) is 0 Å². The third kappa shape index (κ3) is 5.53. The molecule has 0 aliphatic rings. The van der Waals surface area contributed by atoms with Crippen molar-refractivity contribution in [1.82, 2.24) is 19.6 Å². The van der Waals surface area contributed by atoms with E-state index in [1.54, 1.807) is 36.9 Å². The van der Waals surface area contributed by atoms with Gasteiger partial charge in [-0.15, -0.1) is 0 Å². The quantitative estimate of drug-likeness (QED) is 0.384. The summed E-state index contributed by atoms with van der Waals surface area (Å²) in [6, 6.07) is 14.3. The third-order valence-electron chi connectivity index (χ3n) is 5.53. The molecule has 35 heavy (non-hydrogen) atoms. The maximum absolute atomic E-state index is 13.0. The highest BCUT2D eigenvalue weighted by Gasteiger charge is 2.30. The van der Waals surface area contributed by atoms with Crippen molar-refractivity contribution in [1.29, 1.82) is 0 Å². The Balaban J connectivity index is 1.44. The topological polar surface area (TPSA) is 74.0 Å². The van der Waals surface area contributed by atoms with E-state index in [2.05, 4.69) is 15.5 Å². The normalized spacial score (nSPS) is 11.5. The Hall–Kier alpha value is -4.08. The molecule has 0 saturated heterocycles. The van der Waals surface area contributed by atoms with Crippen molar-refractivity contribution in [2.75, 3.05) is 5.32 Å². The second-order valence-corrected chi connectivity index (χ2v) is 8.14. The smallest absolute Gasteiger partial charge is 0.416 e. The summed E-state index contributed by atoms with van der Waals surface area (Å²) in [4.78, 5) is 12.8. The first-order valence-corrected chi connectivity index (χ1v) is 10.8. The van der Waals surface area contributed by atoms with Gasteiger partial charge >= 0.3 is 6.18 Å². The van der Waals surface area contributed by atoms with E-state index in [0.29, 0.717) is 22.6 Å². The van der Waals surface area contributed by atoms with Gasteiger partial charge in [0.1, 0.15) is 5.75 Å². The fourth-order valence-corrected chi connectivity index (χ4v) is 3.64. The molecule has 1 N–H and O–H groups in total. The van der Waals surface area contributed by atoms with Gasteiger partial charge in [0.15, 0.2) is 12.4 Å². The first-order valence-electron chi connectivity index (χ1n) is 10.8. The van der Waals surface area contributed by atoms with E-state index in [1.807, 2.05) is 31.2 Å². The van der Waals surface area contributed by atoms with Crippen molar-refractivity contribution >= 4 is 11.6 Å². The Morgan fingerprint density at radius 1 is 1.03 bits per heavy atom. The van der Waals surface area contributed by atoms with Crippen LogP contribution in [0.1, 0.15) is 38.6 Å². The number of halogens is 3. The number of amides is 1. The van der Waals surface area contributed by atoms with Crippen LogP contribution in [0.5, 0.6) is 5.75 Å². The van der Waals surface area contributed by atoms with Gasteiger partial charge in [0.05, 0.1) is 29.2 Å². The lowest BCUT2D eigenvalue weighted by atomic mass is 10.1. The SMILES string of the molecule is Cc1ccccc1OCn1ccc(C(=O)Nc2c(C)nn(Cc3cccc(C(F)(F)F)c3)c2C)n1. The van der Waals surface area contributed by atoms with E-state index in [4.69, 9.17) is 4.74 Å². The number of aromatic nitrogens is 4. The molecule has 0 spiro atoms. The highest BCUT2D eigenvalue weighted by atomic mass is 19.4. The number of alkyl halides is 3. The van der Waals surface area contributed by atoms with Gasteiger partial charge in [-0.1, -0.05) is 30.3 Å². The molecule has 7 nitrogen and oxygen atoms in total. The van der Waals surface area contributed by atoms with Gasteiger partial charge in [-0.3, -0.25) is 9.48 Å². The molecule has 0 fully saturated rings. The fraction of sp³-hybridized carbons (Fsp3) is 0.240. The average molecular weight is 483 g/mol. The minimum atomic E-state index is -4.42. The molecule has 1 amide bonds. The molecule has 4 aromatic rings. The number of rotatable bonds is 7. The number of carbonyl (C=O) groups is 1. The molecule has 2 aromatic heterocycles. The molecule has 0 aliphatic carbocycles. The van der Waals surface area contributed by atoms with Gasteiger partial charge in [0.25, 0.3) is 5.91 Å². The standard InChI is InChI=1S/C25H24F3N5O2/c1-16-7-4-5-10-22(16)35-15-32-12-11-21(31-32)24(34)29-23-17(2)30-33(18(23)3)14-19-8-6-9-20(13-19)25(26,27)28/h4-13H,14-15H2,1-3H3,(H,29,34). The molecule has 2 heterocycles. The molecule has 2 aromatic carbocycles. The number of nitrogens with one attached hydrogen (secondary N) is 1. The summed E-state index contributed by atoms with van der Waals surface area (Å²) in [6.07, 6.45) is -2.78. The first kappa shape index (κ1) is 24.1. The highest BCUT2D eigenvalue weighted by Crippen LogP contribution is 2.30. The van der Waals surface area contributed by atoms with Crippen LogP contribution in [-0.2, 0) is 19.5 Å². The summed E-state index contributed by atoms with van der Waals surface area (Å²) >= 11 is 0. The lowest BCUT2D eigenvalue weighted by Gasteiger charge is -2.10. The number of ether oxygens (including phenoxy) is 1. The molecule has 0 bridgehead atoms. The van der Waals surface area contributed by atoms with E-state index >= 15 is 0 Å². The Kier molecular flexibility index (Phi) is 6.63. The van der Waals surface area contributed by atoms with Gasteiger partial charge < -0.3 is 10.1 Å². The highest BCUT2D eigenvalue weighted by molar-refractivity contribution is 6.03. The number of carbonyl (C=O) groups excluding carboxylic acids is 1. The number of hydrogen-bond donors (Lipinski definition) is 1. The molecule has 4 rings (SSSR count). The number of benzene rings is 2. The van der Waals surface area contributed by atoms with Crippen LogP contribution in [0.4, 0.5) is 18.9 Å². The Morgan fingerprint density at radius 3 is 2.54 bits per heavy atom. The summed E-state index contributed by atoms with van der Waals surface area (Å²) in [6.45, 7) is 5.69. The molecule has 0 saturated carbocycles. The average Bonchev–Trinajstić information content (AvgIpc) is 3.39. The molecule has 0 unspecified atom stereocenters. The molecule has 0 aliphatic heterocycles. The molecule has 0 atom stereocenters. The molecular weight excluding hydrogens is 459 g/mol. The summed E-state index contributed by atoms with van der Waals surface area (Å²) < 4.78 is 47.9. The lowest BCUT2D eigenvalue weighted by molar-refractivity contribution is -0.137.